The molecule has 0 aliphatic carbocycles. The number of amides is 1. The average Bonchev–Trinajstić information content (AvgIpc) is 3.12. The first-order chi connectivity index (χ1) is 16.4. The topological polar surface area (TPSA) is 103 Å². The van der Waals surface area contributed by atoms with Gasteiger partial charge in [-0.1, -0.05) is 40.2 Å². The third-order valence-corrected chi connectivity index (χ3v) is 6.33. The Bertz CT molecular complexity index is 1510. The van der Waals surface area contributed by atoms with E-state index in [1.54, 1.807) is 49.6 Å². The lowest BCUT2D eigenvalue weighted by molar-refractivity contribution is -0.384. The molecule has 0 saturated carbocycles. The Labute approximate surface area is 201 Å². The summed E-state index contributed by atoms with van der Waals surface area (Å²) in [5.41, 5.74) is 1.25. The molecule has 34 heavy (non-hydrogen) atoms. The summed E-state index contributed by atoms with van der Waals surface area (Å²) in [5, 5.41) is 11.7. The summed E-state index contributed by atoms with van der Waals surface area (Å²) in [6.07, 6.45) is 0. The number of carbonyl (C=O) groups is 1. The van der Waals surface area contributed by atoms with Crippen molar-refractivity contribution in [1.29, 1.82) is 0 Å². The predicted octanol–water partition coefficient (Wildman–Crippen LogP) is 5.22. The quantitative estimate of drug-likeness (QED) is 0.264. The molecular formula is C25H17BrN2O6. The minimum absolute atomic E-state index is 0.0511. The van der Waals surface area contributed by atoms with Crippen LogP contribution in [0.25, 0.3) is 11.0 Å². The second kappa shape index (κ2) is 8.42. The van der Waals surface area contributed by atoms with Crippen LogP contribution in [0.15, 0.2) is 80.4 Å². The molecule has 170 valence electrons. The molecule has 1 aliphatic rings. The lowest BCUT2D eigenvalue weighted by Crippen LogP contribution is -2.29. The molecule has 1 unspecified atom stereocenters. The first-order valence-electron chi connectivity index (χ1n) is 10.3. The van der Waals surface area contributed by atoms with Gasteiger partial charge >= 0.3 is 0 Å². The molecule has 8 nitrogen and oxygen atoms in total. The van der Waals surface area contributed by atoms with Gasteiger partial charge < -0.3 is 14.1 Å². The molecule has 0 saturated heterocycles. The van der Waals surface area contributed by atoms with Gasteiger partial charge in [0.15, 0.2) is 5.43 Å². The number of nitro groups is 1. The van der Waals surface area contributed by atoms with Gasteiger partial charge in [0.05, 0.1) is 29.0 Å². The molecule has 0 N–H and O–H groups in total. The monoisotopic (exact) mass is 520 g/mol. The third-order valence-electron chi connectivity index (χ3n) is 5.84. The number of fused-ring (bicyclic) bond motifs is 2. The van der Waals surface area contributed by atoms with Gasteiger partial charge in [0.1, 0.15) is 11.3 Å². The standard InChI is InChI=1S/C25H17BrN2O6/c1-33-18-8-5-14(6-9-18)13-27-22(15-3-2-4-17(11-15)28(31)32)21-23(29)19-12-16(26)7-10-20(19)34-24(21)25(27)30/h2-12,22H,13H2,1H3. The number of hydrogen-bond donors (Lipinski definition) is 0. The molecule has 1 aliphatic heterocycles. The van der Waals surface area contributed by atoms with E-state index in [0.717, 1.165) is 5.56 Å². The van der Waals surface area contributed by atoms with Gasteiger partial charge in [0.25, 0.3) is 11.6 Å². The van der Waals surface area contributed by atoms with E-state index >= 15 is 0 Å². The van der Waals surface area contributed by atoms with Crippen LogP contribution in [0, 0.1) is 10.1 Å². The summed E-state index contributed by atoms with van der Waals surface area (Å²) in [5.74, 6) is 0.165. The fourth-order valence-corrected chi connectivity index (χ4v) is 4.60. The number of halogens is 1. The zero-order chi connectivity index (χ0) is 24.0. The summed E-state index contributed by atoms with van der Waals surface area (Å²) in [6, 6.07) is 17.3. The van der Waals surface area contributed by atoms with E-state index in [4.69, 9.17) is 9.15 Å². The highest BCUT2D eigenvalue weighted by Gasteiger charge is 2.43. The molecular weight excluding hydrogens is 504 g/mol. The highest BCUT2D eigenvalue weighted by Crippen LogP contribution is 2.40. The average molecular weight is 521 g/mol. The lowest BCUT2D eigenvalue weighted by atomic mass is 9.98. The summed E-state index contributed by atoms with van der Waals surface area (Å²) < 4.78 is 11.8. The molecule has 3 aromatic carbocycles. The molecule has 1 amide bonds. The Balaban J connectivity index is 1.71. The van der Waals surface area contributed by atoms with Crippen LogP contribution in [-0.4, -0.2) is 22.8 Å². The first kappa shape index (κ1) is 21.8. The molecule has 0 spiro atoms. The van der Waals surface area contributed by atoms with Crippen molar-refractivity contribution in [2.45, 2.75) is 12.6 Å². The largest absolute Gasteiger partial charge is 0.497 e. The van der Waals surface area contributed by atoms with Crippen molar-refractivity contribution in [2.24, 2.45) is 0 Å². The number of nitro benzene ring substituents is 1. The van der Waals surface area contributed by atoms with Gasteiger partial charge in [-0.3, -0.25) is 19.7 Å². The molecule has 0 radical (unpaired) electrons. The Morgan fingerprint density at radius 1 is 1.09 bits per heavy atom. The Hall–Kier alpha value is -3.98. The summed E-state index contributed by atoms with van der Waals surface area (Å²) in [7, 11) is 1.56. The summed E-state index contributed by atoms with van der Waals surface area (Å²) in [4.78, 5) is 39.5. The van der Waals surface area contributed by atoms with Crippen LogP contribution in [0.4, 0.5) is 5.69 Å². The summed E-state index contributed by atoms with van der Waals surface area (Å²) in [6.45, 7) is 0.167. The number of hydrogen-bond acceptors (Lipinski definition) is 6. The normalized spacial score (nSPS) is 14.9. The van der Waals surface area contributed by atoms with Crippen molar-refractivity contribution < 1.29 is 18.9 Å². The van der Waals surface area contributed by atoms with Crippen molar-refractivity contribution in [3.63, 3.8) is 0 Å². The van der Waals surface area contributed by atoms with Gasteiger partial charge in [-0.15, -0.1) is 0 Å². The minimum Gasteiger partial charge on any atom is -0.497 e. The van der Waals surface area contributed by atoms with E-state index in [2.05, 4.69) is 15.9 Å². The number of carbonyl (C=O) groups excluding carboxylic acids is 1. The zero-order valence-corrected chi connectivity index (χ0v) is 19.4. The number of benzene rings is 3. The van der Waals surface area contributed by atoms with Crippen LogP contribution in [-0.2, 0) is 6.54 Å². The molecule has 9 heteroatoms. The minimum atomic E-state index is -0.843. The van der Waals surface area contributed by atoms with E-state index in [1.807, 2.05) is 12.1 Å². The van der Waals surface area contributed by atoms with Gasteiger partial charge in [-0.05, 0) is 41.5 Å². The van der Waals surface area contributed by atoms with E-state index < -0.39 is 16.9 Å². The lowest BCUT2D eigenvalue weighted by Gasteiger charge is -2.25. The van der Waals surface area contributed by atoms with E-state index in [1.165, 1.54) is 17.0 Å². The molecule has 0 bridgehead atoms. The number of non-ortho nitro benzene ring substituents is 1. The second-order valence-corrected chi connectivity index (χ2v) is 8.77. The van der Waals surface area contributed by atoms with Gasteiger partial charge in [-0.2, -0.15) is 0 Å². The van der Waals surface area contributed by atoms with Gasteiger partial charge in [-0.25, -0.2) is 0 Å². The fourth-order valence-electron chi connectivity index (χ4n) is 4.24. The highest BCUT2D eigenvalue weighted by molar-refractivity contribution is 9.10. The maximum absolute atomic E-state index is 13.6. The maximum atomic E-state index is 13.6. The molecule has 1 aromatic heterocycles. The van der Waals surface area contributed by atoms with E-state index in [-0.39, 0.29) is 29.0 Å². The van der Waals surface area contributed by atoms with Crippen molar-refractivity contribution >= 4 is 38.5 Å². The van der Waals surface area contributed by atoms with Crippen molar-refractivity contribution in [3.05, 3.63) is 114 Å². The summed E-state index contributed by atoms with van der Waals surface area (Å²) >= 11 is 3.37. The van der Waals surface area contributed by atoms with Crippen LogP contribution < -0.4 is 10.2 Å². The van der Waals surface area contributed by atoms with E-state index in [0.29, 0.717) is 26.8 Å². The number of nitrogens with zero attached hydrogens (tertiary/aromatic N) is 2. The number of ether oxygens (including phenoxy) is 1. The Morgan fingerprint density at radius 2 is 1.85 bits per heavy atom. The molecule has 5 rings (SSSR count). The smallest absolute Gasteiger partial charge is 0.291 e. The van der Waals surface area contributed by atoms with Crippen molar-refractivity contribution in [1.82, 2.24) is 4.90 Å². The zero-order valence-electron chi connectivity index (χ0n) is 17.9. The van der Waals surface area contributed by atoms with E-state index in [9.17, 15) is 19.7 Å². The molecule has 1 atom stereocenters. The van der Waals surface area contributed by atoms with Crippen LogP contribution in [0.2, 0.25) is 0 Å². The van der Waals surface area contributed by atoms with Crippen LogP contribution in [0.3, 0.4) is 0 Å². The second-order valence-electron chi connectivity index (χ2n) is 7.85. The molecule has 4 aromatic rings. The maximum Gasteiger partial charge on any atom is 0.291 e. The predicted molar refractivity (Wildman–Crippen MR) is 128 cm³/mol. The van der Waals surface area contributed by atoms with Crippen molar-refractivity contribution in [2.75, 3.05) is 7.11 Å². The Kier molecular flexibility index (Phi) is 5.41. The number of methoxy groups -OCH3 is 1. The van der Waals surface area contributed by atoms with Gasteiger partial charge in [0.2, 0.25) is 5.76 Å². The Morgan fingerprint density at radius 3 is 2.56 bits per heavy atom. The highest BCUT2D eigenvalue weighted by atomic mass is 79.9. The SMILES string of the molecule is COc1ccc(CN2C(=O)c3oc4ccc(Br)cc4c(=O)c3C2c2cccc([N+](=O)[O-])c2)cc1. The fraction of sp³-hybridized carbons (Fsp3) is 0.120. The first-order valence-corrected chi connectivity index (χ1v) is 11.1. The van der Waals surface area contributed by atoms with Crippen molar-refractivity contribution in [3.8, 4) is 5.75 Å². The van der Waals surface area contributed by atoms with Crippen LogP contribution in [0.1, 0.15) is 33.3 Å². The van der Waals surface area contributed by atoms with Gasteiger partial charge in [0, 0.05) is 23.2 Å². The number of rotatable bonds is 5. The molecule has 0 fully saturated rings. The van der Waals surface area contributed by atoms with Crippen LogP contribution in [0.5, 0.6) is 5.75 Å². The van der Waals surface area contributed by atoms with Crippen LogP contribution >= 0.6 is 15.9 Å². The molecule has 2 heterocycles. The third kappa shape index (κ3) is 3.63.